The van der Waals surface area contributed by atoms with E-state index in [0.29, 0.717) is 39.1 Å². The number of hydrogen-bond acceptors (Lipinski definition) is 7. The van der Waals surface area contributed by atoms with Gasteiger partial charge in [0.2, 0.25) is 5.16 Å². The van der Waals surface area contributed by atoms with Crippen molar-refractivity contribution in [2.75, 3.05) is 7.11 Å². The second-order valence-corrected chi connectivity index (χ2v) is 7.66. The molecule has 0 amide bonds. The van der Waals surface area contributed by atoms with Crippen LogP contribution in [0.3, 0.4) is 0 Å². The number of nitrogens with zero attached hydrogens (tertiary/aromatic N) is 4. The van der Waals surface area contributed by atoms with E-state index in [9.17, 15) is 9.59 Å². The van der Waals surface area contributed by atoms with Crippen LogP contribution in [-0.4, -0.2) is 49.1 Å². The minimum absolute atomic E-state index is 0.0641. The van der Waals surface area contributed by atoms with E-state index < -0.39 is 5.25 Å². The fraction of sp³-hybridized carbons (Fsp3) is 0.316. The van der Waals surface area contributed by atoms with Gasteiger partial charge < -0.3 is 9.72 Å². The highest BCUT2D eigenvalue weighted by Crippen LogP contribution is 2.30. The summed E-state index contributed by atoms with van der Waals surface area (Å²) in [5.41, 5.74) is 3.07. The van der Waals surface area contributed by atoms with E-state index in [1.165, 1.54) is 18.7 Å². The van der Waals surface area contributed by atoms with Gasteiger partial charge in [0.15, 0.2) is 11.6 Å². The van der Waals surface area contributed by atoms with Crippen molar-refractivity contribution in [3.8, 4) is 11.4 Å². The summed E-state index contributed by atoms with van der Waals surface area (Å²) in [6.45, 7) is 6.86. The lowest BCUT2D eigenvalue weighted by Crippen LogP contribution is -2.16. The molecule has 28 heavy (non-hydrogen) atoms. The number of para-hydroxylation sites is 2. The molecule has 1 atom stereocenters. The highest BCUT2D eigenvalue weighted by atomic mass is 32.2. The van der Waals surface area contributed by atoms with E-state index in [2.05, 4.69) is 20.5 Å². The van der Waals surface area contributed by atoms with E-state index in [4.69, 9.17) is 4.74 Å². The van der Waals surface area contributed by atoms with Crippen LogP contribution in [0.2, 0.25) is 0 Å². The number of aryl methyl sites for hydroxylation is 1. The van der Waals surface area contributed by atoms with Gasteiger partial charge in [0.05, 0.1) is 18.1 Å². The minimum Gasteiger partial charge on any atom is -0.494 e. The van der Waals surface area contributed by atoms with Crippen molar-refractivity contribution in [2.45, 2.75) is 38.1 Å². The number of benzene rings is 1. The Kier molecular flexibility index (Phi) is 5.64. The van der Waals surface area contributed by atoms with Gasteiger partial charge in [0, 0.05) is 11.3 Å². The van der Waals surface area contributed by atoms with Gasteiger partial charge in [-0.15, -0.1) is 5.10 Å². The Labute approximate surface area is 166 Å². The number of ether oxygens (including phenoxy) is 1. The van der Waals surface area contributed by atoms with Gasteiger partial charge in [-0.25, -0.2) is 0 Å². The Hall–Kier alpha value is -2.94. The maximum Gasteiger partial charge on any atom is 0.214 e. The van der Waals surface area contributed by atoms with Crippen molar-refractivity contribution >= 4 is 23.3 Å². The molecular formula is C19H21N5O3S. The number of Topliss-reactive ketones (excluding diaryl/α,β-unsaturated/α-hetero) is 2. The third-order valence-electron chi connectivity index (χ3n) is 4.44. The molecule has 3 aromatic rings. The summed E-state index contributed by atoms with van der Waals surface area (Å²) in [7, 11) is 1.57. The SMILES string of the molecule is COc1ccccc1-n1nnnc1S[C@H](C)C(=O)c1[nH]c(C)c(C(C)=O)c1C. The summed E-state index contributed by atoms with van der Waals surface area (Å²) in [5.74, 6) is 0.441. The first-order valence-electron chi connectivity index (χ1n) is 8.67. The van der Waals surface area contributed by atoms with Crippen LogP contribution in [0.1, 0.15) is 46.0 Å². The Morgan fingerprint density at radius 1 is 1.25 bits per heavy atom. The largest absolute Gasteiger partial charge is 0.494 e. The average Bonchev–Trinajstić information content (AvgIpc) is 3.24. The van der Waals surface area contributed by atoms with Crippen LogP contribution < -0.4 is 4.74 Å². The highest BCUT2D eigenvalue weighted by Gasteiger charge is 2.26. The predicted molar refractivity (Wildman–Crippen MR) is 106 cm³/mol. The molecule has 1 N–H and O–H groups in total. The number of rotatable bonds is 7. The first-order chi connectivity index (χ1) is 13.3. The minimum atomic E-state index is -0.462. The van der Waals surface area contributed by atoms with Crippen molar-refractivity contribution in [1.82, 2.24) is 25.2 Å². The van der Waals surface area contributed by atoms with E-state index in [1.807, 2.05) is 24.3 Å². The number of H-pyrrole nitrogens is 1. The number of ketones is 2. The quantitative estimate of drug-likeness (QED) is 0.481. The molecule has 0 saturated heterocycles. The summed E-state index contributed by atoms with van der Waals surface area (Å²) in [6, 6.07) is 7.36. The molecular weight excluding hydrogens is 378 g/mol. The number of thioether (sulfide) groups is 1. The summed E-state index contributed by atoms with van der Waals surface area (Å²) in [4.78, 5) is 27.9. The first kappa shape index (κ1) is 19.8. The normalized spacial score (nSPS) is 12.0. The Morgan fingerprint density at radius 2 is 1.96 bits per heavy atom. The van der Waals surface area contributed by atoms with Gasteiger partial charge in [-0.2, -0.15) is 4.68 Å². The van der Waals surface area contributed by atoms with Gasteiger partial charge in [0.1, 0.15) is 11.4 Å². The van der Waals surface area contributed by atoms with Crippen molar-refractivity contribution in [1.29, 1.82) is 0 Å². The van der Waals surface area contributed by atoms with Crippen LogP contribution in [0.4, 0.5) is 0 Å². The van der Waals surface area contributed by atoms with Gasteiger partial charge in [0.25, 0.3) is 0 Å². The van der Waals surface area contributed by atoms with Crippen molar-refractivity contribution in [3.63, 3.8) is 0 Å². The van der Waals surface area contributed by atoms with Gasteiger partial charge in [-0.05, 0) is 55.8 Å². The van der Waals surface area contributed by atoms with E-state index in [0.717, 1.165) is 0 Å². The summed E-state index contributed by atoms with van der Waals surface area (Å²) >= 11 is 1.24. The van der Waals surface area contributed by atoms with Crippen molar-refractivity contribution < 1.29 is 14.3 Å². The van der Waals surface area contributed by atoms with E-state index >= 15 is 0 Å². The number of nitrogens with one attached hydrogen (secondary N) is 1. The zero-order valence-electron chi connectivity index (χ0n) is 16.3. The highest BCUT2D eigenvalue weighted by molar-refractivity contribution is 8.00. The summed E-state index contributed by atoms with van der Waals surface area (Å²) in [5, 5.41) is 11.8. The number of tetrazole rings is 1. The van der Waals surface area contributed by atoms with Crippen LogP contribution in [0.15, 0.2) is 29.4 Å². The molecule has 0 radical (unpaired) electrons. The first-order valence-corrected chi connectivity index (χ1v) is 9.55. The molecule has 0 spiro atoms. The van der Waals surface area contributed by atoms with Gasteiger partial charge in [-0.3, -0.25) is 9.59 Å². The van der Waals surface area contributed by atoms with Crippen molar-refractivity contribution in [3.05, 3.63) is 46.8 Å². The molecule has 3 rings (SSSR count). The molecule has 0 aliphatic carbocycles. The monoisotopic (exact) mass is 399 g/mol. The molecule has 0 fully saturated rings. The number of carbonyl (C=O) groups is 2. The number of aromatic amines is 1. The number of methoxy groups -OCH3 is 1. The Balaban J connectivity index is 1.88. The van der Waals surface area contributed by atoms with E-state index in [-0.39, 0.29) is 11.6 Å². The zero-order chi connectivity index (χ0) is 20.4. The molecule has 0 aliphatic heterocycles. The Bertz CT molecular complexity index is 1040. The molecule has 0 unspecified atom stereocenters. The zero-order valence-corrected chi connectivity index (χ0v) is 17.1. The molecule has 0 aliphatic rings. The van der Waals surface area contributed by atoms with Gasteiger partial charge >= 0.3 is 0 Å². The van der Waals surface area contributed by atoms with Crippen molar-refractivity contribution in [2.24, 2.45) is 0 Å². The van der Waals surface area contributed by atoms with Gasteiger partial charge in [-0.1, -0.05) is 23.9 Å². The molecule has 0 bridgehead atoms. The van der Waals surface area contributed by atoms with Crippen LogP contribution in [-0.2, 0) is 0 Å². The summed E-state index contributed by atoms with van der Waals surface area (Å²) < 4.78 is 6.91. The number of aromatic nitrogens is 5. The molecule has 2 aromatic heterocycles. The number of hydrogen-bond donors (Lipinski definition) is 1. The van der Waals surface area contributed by atoms with Crippen LogP contribution in [0.25, 0.3) is 5.69 Å². The molecule has 2 heterocycles. The average molecular weight is 399 g/mol. The third kappa shape index (κ3) is 3.57. The second kappa shape index (κ2) is 7.97. The smallest absolute Gasteiger partial charge is 0.214 e. The third-order valence-corrected chi connectivity index (χ3v) is 5.47. The lowest BCUT2D eigenvalue weighted by Gasteiger charge is -2.12. The lowest BCUT2D eigenvalue weighted by atomic mass is 10.0. The Morgan fingerprint density at radius 3 is 2.61 bits per heavy atom. The molecule has 8 nitrogen and oxygen atoms in total. The maximum atomic E-state index is 13.0. The van der Waals surface area contributed by atoms with Crippen LogP contribution >= 0.6 is 11.8 Å². The van der Waals surface area contributed by atoms with Crippen LogP contribution in [0.5, 0.6) is 5.75 Å². The molecule has 1 aromatic carbocycles. The second-order valence-electron chi connectivity index (χ2n) is 6.35. The maximum absolute atomic E-state index is 13.0. The molecule has 0 saturated carbocycles. The van der Waals surface area contributed by atoms with E-state index in [1.54, 1.807) is 32.6 Å². The summed E-state index contributed by atoms with van der Waals surface area (Å²) in [6.07, 6.45) is 0. The number of carbonyl (C=O) groups excluding carboxylic acids is 2. The predicted octanol–water partition coefficient (Wildman–Crippen LogP) is 3.18. The standard InChI is InChI=1S/C19H21N5O3S/c1-10-16(12(3)25)11(2)20-17(10)18(26)13(4)28-19-21-22-23-24(19)14-8-6-7-9-15(14)27-5/h6-9,13,20H,1-5H3/t13-/m1/s1. The molecule has 9 heteroatoms. The fourth-order valence-electron chi connectivity index (χ4n) is 3.15. The lowest BCUT2D eigenvalue weighted by molar-refractivity contribution is 0.0988. The molecule has 146 valence electrons. The topological polar surface area (TPSA) is 103 Å². The van der Waals surface area contributed by atoms with Crippen LogP contribution in [0, 0.1) is 13.8 Å². The fourth-order valence-corrected chi connectivity index (χ4v) is 4.01.